The summed E-state index contributed by atoms with van der Waals surface area (Å²) in [6, 6.07) is 0. The summed E-state index contributed by atoms with van der Waals surface area (Å²) in [5.41, 5.74) is 2.76. The maximum absolute atomic E-state index is 12.4. The van der Waals surface area contributed by atoms with Crippen molar-refractivity contribution >= 4 is 12.3 Å². The summed E-state index contributed by atoms with van der Waals surface area (Å²) in [4.78, 5) is 24.7. The van der Waals surface area contributed by atoms with E-state index >= 15 is 0 Å². The van der Waals surface area contributed by atoms with Gasteiger partial charge in [0.15, 0.2) is 0 Å². The van der Waals surface area contributed by atoms with E-state index in [0.717, 1.165) is 31.0 Å². The summed E-state index contributed by atoms with van der Waals surface area (Å²) in [7, 11) is 0. The highest BCUT2D eigenvalue weighted by atomic mass is 16.5. The van der Waals surface area contributed by atoms with Crippen LogP contribution in [0.2, 0.25) is 0 Å². The zero-order valence-electron chi connectivity index (χ0n) is 20.5. The van der Waals surface area contributed by atoms with Crippen LogP contribution >= 0.6 is 0 Å². The van der Waals surface area contributed by atoms with Gasteiger partial charge in [-0.1, -0.05) is 32.4 Å². The third kappa shape index (κ3) is 3.56. The standard InChI is InChI=1S/C28H42O4/c1-5-19(25(30)26(31)32-6-2)21(17-29)23-13-12-22-20-11-10-18-9-7-8-15-27(18,3)24(20)14-16-28(22,23)4/h9,17,20-24,30H,5-8,10-16H2,1-4H3/t20-,21+,22-,23+,24-,27-,28-/m0/s1. The normalized spacial score (nSPS) is 40.2. The van der Waals surface area contributed by atoms with Gasteiger partial charge in [-0.15, -0.1) is 0 Å². The predicted molar refractivity (Wildman–Crippen MR) is 126 cm³/mol. The summed E-state index contributed by atoms with van der Waals surface area (Å²) in [6.07, 6.45) is 15.0. The van der Waals surface area contributed by atoms with Gasteiger partial charge in [-0.25, -0.2) is 4.79 Å². The molecule has 7 atom stereocenters. The predicted octanol–water partition coefficient (Wildman–Crippen LogP) is 6.56. The summed E-state index contributed by atoms with van der Waals surface area (Å²) in [5.74, 6) is 0.888. The molecule has 4 aliphatic rings. The van der Waals surface area contributed by atoms with Crippen LogP contribution in [0.1, 0.15) is 91.9 Å². The number of esters is 1. The number of carbonyl (C=O) groups excluding carboxylic acids is 2. The van der Waals surface area contributed by atoms with E-state index in [1.54, 1.807) is 12.5 Å². The summed E-state index contributed by atoms with van der Waals surface area (Å²) in [6.45, 7) is 8.81. The number of hydrogen-bond acceptors (Lipinski definition) is 4. The summed E-state index contributed by atoms with van der Waals surface area (Å²) >= 11 is 0. The van der Waals surface area contributed by atoms with Gasteiger partial charge in [0, 0.05) is 5.92 Å². The molecular weight excluding hydrogens is 400 g/mol. The second kappa shape index (κ2) is 8.99. The van der Waals surface area contributed by atoms with Gasteiger partial charge in [-0.05, 0) is 111 Å². The van der Waals surface area contributed by atoms with Crippen LogP contribution in [0.15, 0.2) is 23.0 Å². The minimum atomic E-state index is -0.698. The van der Waals surface area contributed by atoms with E-state index in [4.69, 9.17) is 4.74 Å². The Labute approximate surface area is 193 Å². The van der Waals surface area contributed by atoms with Crippen LogP contribution in [-0.2, 0) is 14.3 Å². The van der Waals surface area contributed by atoms with E-state index in [-0.39, 0.29) is 23.7 Å². The molecule has 0 spiro atoms. The van der Waals surface area contributed by atoms with Crippen LogP contribution < -0.4 is 0 Å². The van der Waals surface area contributed by atoms with E-state index in [0.29, 0.717) is 23.3 Å². The molecule has 0 saturated heterocycles. The highest BCUT2D eigenvalue weighted by Gasteiger charge is 2.60. The molecule has 1 N–H and O–H groups in total. The number of carbonyl (C=O) groups is 2. The van der Waals surface area contributed by atoms with Crippen molar-refractivity contribution < 1.29 is 19.4 Å². The fourth-order valence-corrected chi connectivity index (χ4v) is 8.70. The molecule has 32 heavy (non-hydrogen) atoms. The molecule has 3 fully saturated rings. The average Bonchev–Trinajstić information content (AvgIpc) is 3.13. The Morgan fingerprint density at radius 3 is 2.66 bits per heavy atom. The number of aldehydes is 1. The number of ether oxygens (including phenoxy) is 1. The van der Waals surface area contributed by atoms with Gasteiger partial charge >= 0.3 is 5.97 Å². The highest BCUT2D eigenvalue weighted by Crippen LogP contribution is 2.67. The fourth-order valence-electron chi connectivity index (χ4n) is 8.70. The van der Waals surface area contributed by atoms with Crippen LogP contribution in [-0.4, -0.2) is 24.0 Å². The van der Waals surface area contributed by atoms with E-state index in [9.17, 15) is 14.7 Å². The van der Waals surface area contributed by atoms with Crippen LogP contribution in [0.4, 0.5) is 0 Å². The molecule has 0 radical (unpaired) electrons. The number of hydrogen-bond donors (Lipinski definition) is 1. The van der Waals surface area contributed by atoms with E-state index in [1.807, 2.05) is 6.92 Å². The lowest BCUT2D eigenvalue weighted by Crippen LogP contribution is -2.50. The van der Waals surface area contributed by atoms with E-state index in [1.165, 1.54) is 44.9 Å². The van der Waals surface area contributed by atoms with Crippen molar-refractivity contribution in [3.8, 4) is 0 Å². The molecule has 0 unspecified atom stereocenters. The number of aliphatic hydroxyl groups is 1. The zero-order valence-corrected chi connectivity index (χ0v) is 20.5. The number of aliphatic hydroxyl groups excluding tert-OH is 1. The molecule has 178 valence electrons. The second-order valence-electron chi connectivity index (χ2n) is 11.3. The molecule has 0 aliphatic heterocycles. The Balaban J connectivity index is 1.62. The van der Waals surface area contributed by atoms with Crippen molar-refractivity contribution in [2.75, 3.05) is 6.61 Å². The third-order valence-corrected chi connectivity index (χ3v) is 10.2. The number of rotatable bonds is 6. The highest BCUT2D eigenvalue weighted by molar-refractivity contribution is 5.87. The van der Waals surface area contributed by atoms with Crippen LogP contribution in [0.5, 0.6) is 0 Å². The minimum Gasteiger partial charge on any atom is -0.502 e. The molecule has 4 rings (SSSR count). The molecule has 0 aromatic rings. The fraction of sp³-hybridized carbons (Fsp3) is 0.786. The molecule has 0 aromatic carbocycles. The molecule has 0 heterocycles. The Hall–Kier alpha value is -1.58. The van der Waals surface area contributed by atoms with Crippen molar-refractivity contribution in [1.29, 1.82) is 0 Å². The van der Waals surface area contributed by atoms with Crippen molar-refractivity contribution in [3.05, 3.63) is 23.0 Å². The molecule has 4 aliphatic carbocycles. The second-order valence-corrected chi connectivity index (χ2v) is 11.3. The Bertz CT molecular complexity index is 810. The number of fused-ring (bicyclic) bond motifs is 5. The van der Waals surface area contributed by atoms with Crippen molar-refractivity contribution in [1.82, 2.24) is 0 Å². The lowest BCUT2D eigenvalue weighted by atomic mass is 9.46. The first kappa shape index (κ1) is 23.6. The third-order valence-electron chi connectivity index (χ3n) is 10.2. The van der Waals surface area contributed by atoms with Crippen LogP contribution in [0, 0.1) is 40.4 Å². The number of allylic oxidation sites excluding steroid dienone is 3. The topological polar surface area (TPSA) is 63.6 Å². The Morgan fingerprint density at radius 2 is 1.97 bits per heavy atom. The van der Waals surface area contributed by atoms with Gasteiger partial charge in [-0.3, -0.25) is 0 Å². The molecule has 0 bridgehead atoms. The first-order valence-corrected chi connectivity index (χ1v) is 13.1. The molecule has 0 aromatic heterocycles. The Kier molecular flexibility index (Phi) is 6.62. The van der Waals surface area contributed by atoms with E-state index in [2.05, 4.69) is 19.9 Å². The van der Waals surface area contributed by atoms with Crippen molar-refractivity contribution in [2.45, 2.75) is 91.9 Å². The molecule has 3 saturated carbocycles. The Morgan fingerprint density at radius 1 is 1.19 bits per heavy atom. The van der Waals surface area contributed by atoms with Gasteiger partial charge in [0.1, 0.15) is 6.29 Å². The molecule has 4 heteroatoms. The van der Waals surface area contributed by atoms with Gasteiger partial charge in [0.25, 0.3) is 0 Å². The van der Waals surface area contributed by atoms with Crippen molar-refractivity contribution in [3.63, 3.8) is 0 Å². The molecule has 0 amide bonds. The van der Waals surface area contributed by atoms with Gasteiger partial charge in [0.2, 0.25) is 5.76 Å². The van der Waals surface area contributed by atoms with Gasteiger partial charge < -0.3 is 14.6 Å². The van der Waals surface area contributed by atoms with Crippen LogP contribution in [0.25, 0.3) is 0 Å². The average molecular weight is 443 g/mol. The summed E-state index contributed by atoms with van der Waals surface area (Å²) in [5, 5.41) is 10.6. The first-order chi connectivity index (χ1) is 15.3. The maximum atomic E-state index is 12.4. The minimum absolute atomic E-state index is 0.0916. The summed E-state index contributed by atoms with van der Waals surface area (Å²) < 4.78 is 5.04. The van der Waals surface area contributed by atoms with Crippen molar-refractivity contribution in [2.24, 2.45) is 40.4 Å². The van der Waals surface area contributed by atoms with Gasteiger partial charge in [0.05, 0.1) is 6.61 Å². The van der Waals surface area contributed by atoms with Crippen LogP contribution in [0.3, 0.4) is 0 Å². The molecule has 4 nitrogen and oxygen atoms in total. The molecular formula is C28H42O4. The van der Waals surface area contributed by atoms with E-state index < -0.39 is 11.9 Å². The van der Waals surface area contributed by atoms with Gasteiger partial charge in [-0.2, -0.15) is 0 Å². The lowest BCUT2D eigenvalue weighted by Gasteiger charge is -2.58. The first-order valence-electron chi connectivity index (χ1n) is 13.1. The zero-order chi connectivity index (χ0) is 23.1. The maximum Gasteiger partial charge on any atom is 0.373 e. The quantitative estimate of drug-likeness (QED) is 0.166. The monoisotopic (exact) mass is 442 g/mol. The lowest BCUT2D eigenvalue weighted by molar-refractivity contribution is -0.141. The smallest absolute Gasteiger partial charge is 0.373 e. The largest absolute Gasteiger partial charge is 0.502 e. The SMILES string of the molecule is CCOC(=O)C(O)=C(CC)[C@@H](C=O)[C@H]1CC[C@H]2[C@@H]3CCC4=CCCC[C@]4(C)[C@H]3CC[C@]12C.